The van der Waals surface area contributed by atoms with Crippen molar-refractivity contribution in [1.82, 2.24) is 4.90 Å². The summed E-state index contributed by atoms with van der Waals surface area (Å²) in [5, 5.41) is 9.39. The third kappa shape index (κ3) is 5.79. The average Bonchev–Trinajstić information content (AvgIpc) is 2.47. The number of thioether (sulfide) groups is 1. The van der Waals surface area contributed by atoms with Crippen LogP contribution < -0.4 is 11.5 Å². The molecule has 0 aromatic heterocycles. The first-order valence-electron chi connectivity index (χ1n) is 6.89. The predicted molar refractivity (Wildman–Crippen MR) is 90.9 cm³/mol. The Labute approximate surface area is 140 Å². The molecule has 0 aliphatic heterocycles. The van der Waals surface area contributed by atoms with E-state index in [0.717, 1.165) is 0 Å². The Morgan fingerprint density at radius 2 is 1.77 bits per heavy atom. The van der Waals surface area contributed by atoms with Crippen LogP contribution in [0.2, 0.25) is 0 Å². The highest BCUT2D eigenvalue weighted by Gasteiger charge is 2.39. The van der Waals surface area contributed by atoms with Crippen LogP contribution in [-0.2, 0) is 14.4 Å². The van der Waals surface area contributed by atoms with Gasteiger partial charge in [-0.1, -0.05) is 13.8 Å². The van der Waals surface area contributed by atoms with Crippen LogP contribution in [0.1, 0.15) is 20.3 Å². The summed E-state index contributed by atoms with van der Waals surface area (Å²) < 4.78 is 0. The van der Waals surface area contributed by atoms with Gasteiger partial charge < -0.3 is 16.6 Å². The number of thiol groups is 1. The minimum absolute atomic E-state index is 0.00833. The number of hydrogen-bond acceptors (Lipinski definition) is 7. The number of carbonyl (C=O) groups is 3. The number of hydrogen-bond donors (Lipinski definition) is 4. The Bertz CT molecular complexity index is 407. The van der Waals surface area contributed by atoms with Gasteiger partial charge in [-0.25, -0.2) is 4.79 Å². The number of nitrogens with two attached hydrogens (primary N) is 2. The van der Waals surface area contributed by atoms with E-state index >= 15 is 0 Å². The van der Waals surface area contributed by atoms with Crippen molar-refractivity contribution in [2.45, 2.75) is 38.4 Å². The van der Waals surface area contributed by atoms with Crippen LogP contribution in [-0.4, -0.2) is 63.7 Å². The summed E-state index contributed by atoms with van der Waals surface area (Å²) in [5.41, 5.74) is 11.4. The van der Waals surface area contributed by atoms with Gasteiger partial charge in [-0.05, 0) is 24.3 Å². The van der Waals surface area contributed by atoms with Gasteiger partial charge >= 0.3 is 5.97 Å². The van der Waals surface area contributed by atoms with E-state index in [1.54, 1.807) is 13.8 Å². The zero-order valence-electron chi connectivity index (χ0n) is 13.1. The van der Waals surface area contributed by atoms with Crippen LogP contribution in [0.15, 0.2) is 0 Å². The number of carboxylic acid groups (broad SMARTS) is 1. The number of carbonyl (C=O) groups excluding carboxylic acids is 2. The van der Waals surface area contributed by atoms with E-state index in [1.807, 2.05) is 6.26 Å². The second kappa shape index (κ2) is 10.1. The first-order chi connectivity index (χ1) is 10.2. The van der Waals surface area contributed by atoms with Crippen LogP contribution in [0.25, 0.3) is 0 Å². The van der Waals surface area contributed by atoms with Gasteiger partial charge in [0.05, 0.1) is 12.1 Å². The smallest absolute Gasteiger partial charge is 0.326 e. The maximum atomic E-state index is 12.5. The third-order valence-electron chi connectivity index (χ3n) is 3.18. The maximum absolute atomic E-state index is 12.5. The molecule has 0 radical (unpaired) electrons. The number of rotatable bonds is 9. The van der Waals surface area contributed by atoms with E-state index < -0.39 is 35.9 Å². The zero-order valence-corrected chi connectivity index (χ0v) is 14.8. The first kappa shape index (κ1) is 21.2. The lowest BCUT2D eigenvalue weighted by atomic mass is 10.0. The van der Waals surface area contributed by atoms with Crippen LogP contribution in [0, 0.1) is 5.92 Å². The van der Waals surface area contributed by atoms with Gasteiger partial charge in [0, 0.05) is 5.75 Å². The monoisotopic (exact) mass is 351 g/mol. The van der Waals surface area contributed by atoms with Gasteiger partial charge in [-0.15, -0.1) is 0 Å². The molecule has 0 saturated heterocycles. The van der Waals surface area contributed by atoms with Crippen LogP contribution in [0.4, 0.5) is 0 Å². The molecule has 3 atom stereocenters. The molecule has 0 aromatic rings. The van der Waals surface area contributed by atoms with E-state index in [9.17, 15) is 19.5 Å². The maximum Gasteiger partial charge on any atom is 0.326 e. The number of carboxylic acids is 1. The van der Waals surface area contributed by atoms with E-state index in [2.05, 4.69) is 12.6 Å². The molecular weight excluding hydrogens is 326 g/mol. The molecule has 9 heteroatoms. The van der Waals surface area contributed by atoms with E-state index in [1.165, 1.54) is 11.8 Å². The standard InChI is InChI=1S/C13H25N3O4S2/c1-7(2)10(15)12(18)16(11(17)8(14)6-21)9(13(19)20)4-5-22-3/h7-10,21H,4-6,14-15H2,1-3H3,(H,19,20). The summed E-state index contributed by atoms with van der Waals surface area (Å²) >= 11 is 5.36. The van der Waals surface area contributed by atoms with Crippen molar-refractivity contribution in [3.05, 3.63) is 0 Å². The lowest BCUT2D eigenvalue weighted by molar-refractivity contribution is -0.159. The topological polar surface area (TPSA) is 127 Å². The highest BCUT2D eigenvalue weighted by atomic mass is 32.2. The Balaban J connectivity index is 5.60. The molecule has 0 heterocycles. The van der Waals surface area contributed by atoms with Gasteiger partial charge in [-0.2, -0.15) is 24.4 Å². The highest BCUT2D eigenvalue weighted by Crippen LogP contribution is 2.15. The largest absolute Gasteiger partial charge is 0.480 e. The molecule has 0 aromatic carbocycles. The van der Waals surface area contributed by atoms with Crippen molar-refractivity contribution in [2.24, 2.45) is 17.4 Å². The zero-order chi connectivity index (χ0) is 17.4. The lowest BCUT2D eigenvalue weighted by Gasteiger charge is -2.32. The molecule has 128 valence electrons. The first-order valence-corrected chi connectivity index (χ1v) is 8.92. The number of nitrogens with zero attached hydrogens (tertiary/aromatic N) is 1. The second-order valence-corrected chi connectivity index (χ2v) is 6.59. The molecule has 2 amide bonds. The van der Waals surface area contributed by atoms with Crippen molar-refractivity contribution in [1.29, 1.82) is 0 Å². The fraction of sp³-hybridized carbons (Fsp3) is 0.769. The van der Waals surface area contributed by atoms with Gasteiger partial charge in [0.1, 0.15) is 6.04 Å². The normalized spacial score (nSPS) is 15.2. The Hall–Kier alpha value is -0.770. The predicted octanol–water partition coefficient (Wildman–Crippen LogP) is -0.212. The summed E-state index contributed by atoms with van der Waals surface area (Å²) in [7, 11) is 0. The third-order valence-corrected chi connectivity index (χ3v) is 4.22. The quantitative estimate of drug-likeness (QED) is 0.423. The second-order valence-electron chi connectivity index (χ2n) is 5.24. The van der Waals surface area contributed by atoms with Crippen LogP contribution in [0.5, 0.6) is 0 Å². The van der Waals surface area contributed by atoms with Crippen LogP contribution >= 0.6 is 24.4 Å². The van der Waals surface area contributed by atoms with E-state index in [-0.39, 0.29) is 18.1 Å². The van der Waals surface area contributed by atoms with Gasteiger partial charge in [0.2, 0.25) is 11.8 Å². The van der Waals surface area contributed by atoms with Crippen molar-refractivity contribution in [2.75, 3.05) is 17.8 Å². The van der Waals surface area contributed by atoms with Gasteiger partial charge in [0.25, 0.3) is 0 Å². The van der Waals surface area contributed by atoms with Crippen LogP contribution in [0.3, 0.4) is 0 Å². The molecule has 0 fully saturated rings. The Morgan fingerprint density at radius 3 is 2.14 bits per heavy atom. The molecule has 0 saturated carbocycles. The summed E-state index contributed by atoms with van der Waals surface area (Å²) in [6, 6.07) is -3.29. The molecule has 3 unspecified atom stereocenters. The minimum Gasteiger partial charge on any atom is -0.480 e. The molecular formula is C13H25N3O4S2. The number of aliphatic carboxylic acids is 1. The molecule has 0 bridgehead atoms. The average molecular weight is 351 g/mol. The van der Waals surface area contributed by atoms with Crippen molar-refractivity contribution >= 4 is 42.2 Å². The molecule has 22 heavy (non-hydrogen) atoms. The Kier molecular flexibility index (Phi) is 9.74. The van der Waals surface area contributed by atoms with Crippen molar-refractivity contribution < 1.29 is 19.5 Å². The molecule has 7 nitrogen and oxygen atoms in total. The molecule has 5 N–H and O–H groups in total. The summed E-state index contributed by atoms with van der Waals surface area (Å²) in [6.07, 6.45) is 1.95. The van der Waals surface area contributed by atoms with E-state index in [4.69, 9.17) is 11.5 Å². The van der Waals surface area contributed by atoms with Crippen molar-refractivity contribution in [3.8, 4) is 0 Å². The summed E-state index contributed by atoms with van der Waals surface area (Å²) in [5.74, 6) is -2.46. The molecule has 0 spiro atoms. The van der Waals surface area contributed by atoms with Crippen molar-refractivity contribution in [3.63, 3.8) is 0 Å². The molecule has 0 rings (SSSR count). The summed E-state index contributed by atoms with van der Waals surface area (Å²) in [6.45, 7) is 3.45. The lowest BCUT2D eigenvalue weighted by Crippen LogP contribution is -2.59. The number of amides is 2. The molecule has 0 aliphatic rings. The molecule has 0 aliphatic carbocycles. The number of imide groups is 1. The highest BCUT2D eigenvalue weighted by molar-refractivity contribution is 7.98. The fourth-order valence-corrected chi connectivity index (χ4v) is 2.33. The Morgan fingerprint density at radius 1 is 1.23 bits per heavy atom. The fourth-order valence-electron chi connectivity index (χ4n) is 1.71. The van der Waals surface area contributed by atoms with Gasteiger partial charge in [-0.3, -0.25) is 14.5 Å². The SMILES string of the molecule is CSCCC(C(=O)O)N(C(=O)C(N)CS)C(=O)C(N)C(C)C. The summed E-state index contributed by atoms with van der Waals surface area (Å²) in [4.78, 5) is 37.1. The van der Waals surface area contributed by atoms with E-state index in [0.29, 0.717) is 10.7 Å². The minimum atomic E-state index is -1.27. The van der Waals surface area contributed by atoms with Gasteiger partial charge in [0.15, 0.2) is 0 Å².